The summed E-state index contributed by atoms with van der Waals surface area (Å²) in [6.07, 6.45) is 2.33. The number of aromatic nitrogens is 3. The summed E-state index contributed by atoms with van der Waals surface area (Å²) in [6.45, 7) is 5.65. The standard InChI is InChI=1S/C22H27FN6O/c1-3-19(30-20-12-8-9-17(23)13-20)14-25-22(24-4-2)26-15-21-28-27-16-29(21)18-10-6-5-7-11-18/h5-13,16,19H,3-4,14-15H2,1-2H3,(H2,24,25,26). The quantitative estimate of drug-likeness (QED) is 0.418. The third-order valence-electron chi connectivity index (χ3n) is 4.43. The second kappa shape index (κ2) is 10.9. The van der Waals surface area contributed by atoms with E-state index >= 15 is 0 Å². The normalized spacial score (nSPS) is 12.4. The third-order valence-corrected chi connectivity index (χ3v) is 4.43. The fraction of sp³-hybridized carbons (Fsp3) is 0.318. The van der Waals surface area contributed by atoms with Crippen molar-refractivity contribution in [2.45, 2.75) is 32.9 Å². The van der Waals surface area contributed by atoms with Gasteiger partial charge in [0.2, 0.25) is 0 Å². The number of rotatable bonds is 9. The van der Waals surface area contributed by atoms with Crippen LogP contribution >= 0.6 is 0 Å². The Morgan fingerprint density at radius 1 is 1.13 bits per heavy atom. The lowest BCUT2D eigenvalue weighted by Gasteiger charge is -2.20. The summed E-state index contributed by atoms with van der Waals surface area (Å²) in [4.78, 5) is 4.63. The molecular formula is C22H27FN6O. The molecule has 3 rings (SSSR count). The number of hydrogen-bond donors (Lipinski definition) is 2. The smallest absolute Gasteiger partial charge is 0.191 e. The topological polar surface area (TPSA) is 76.4 Å². The van der Waals surface area contributed by atoms with Crippen molar-refractivity contribution >= 4 is 5.96 Å². The molecule has 0 saturated carbocycles. The van der Waals surface area contributed by atoms with Crippen LogP contribution in [0.3, 0.4) is 0 Å². The molecule has 0 aliphatic heterocycles. The zero-order valence-corrected chi connectivity index (χ0v) is 17.3. The average Bonchev–Trinajstić information content (AvgIpc) is 3.24. The lowest BCUT2D eigenvalue weighted by molar-refractivity contribution is 0.198. The Hall–Kier alpha value is -3.42. The molecular weight excluding hydrogens is 383 g/mol. The van der Waals surface area contributed by atoms with Crippen LogP contribution in [0.5, 0.6) is 5.75 Å². The lowest BCUT2D eigenvalue weighted by atomic mass is 10.2. The van der Waals surface area contributed by atoms with E-state index in [4.69, 9.17) is 4.74 Å². The zero-order chi connectivity index (χ0) is 21.2. The van der Waals surface area contributed by atoms with Gasteiger partial charge >= 0.3 is 0 Å². The number of para-hydroxylation sites is 1. The maximum Gasteiger partial charge on any atom is 0.191 e. The van der Waals surface area contributed by atoms with Gasteiger partial charge < -0.3 is 15.4 Å². The van der Waals surface area contributed by atoms with Crippen LogP contribution in [0.4, 0.5) is 4.39 Å². The highest BCUT2D eigenvalue weighted by Crippen LogP contribution is 2.15. The van der Waals surface area contributed by atoms with Crippen LogP contribution in [0.1, 0.15) is 26.1 Å². The van der Waals surface area contributed by atoms with Crippen molar-refractivity contribution in [3.8, 4) is 11.4 Å². The van der Waals surface area contributed by atoms with E-state index in [2.05, 4.69) is 25.8 Å². The molecule has 0 aliphatic rings. The third kappa shape index (κ3) is 6.04. The van der Waals surface area contributed by atoms with Gasteiger partial charge in [-0.15, -0.1) is 10.2 Å². The monoisotopic (exact) mass is 410 g/mol. The average molecular weight is 410 g/mol. The molecule has 0 aliphatic carbocycles. The number of hydrogen-bond acceptors (Lipinski definition) is 4. The van der Waals surface area contributed by atoms with Crippen molar-refractivity contribution in [3.63, 3.8) is 0 Å². The number of benzene rings is 2. The molecule has 0 radical (unpaired) electrons. The molecule has 0 saturated heterocycles. The van der Waals surface area contributed by atoms with Crippen LogP contribution in [-0.4, -0.2) is 39.9 Å². The van der Waals surface area contributed by atoms with E-state index < -0.39 is 0 Å². The van der Waals surface area contributed by atoms with E-state index in [-0.39, 0.29) is 11.9 Å². The Morgan fingerprint density at radius 3 is 2.70 bits per heavy atom. The van der Waals surface area contributed by atoms with Gasteiger partial charge in [-0.25, -0.2) is 9.38 Å². The molecule has 1 aromatic heterocycles. The molecule has 1 heterocycles. The van der Waals surface area contributed by atoms with Crippen LogP contribution in [0.2, 0.25) is 0 Å². The maximum absolute atomic E-state index is 13.4. The van der Waals surface area contributed by atoms with Crippen molar-refractivity contribution in [3.05, 3.63) is 72.6 Å². The summed E-state index contributed by atoms with van der Waals surface area (Å²) in [5, 5.41) is 14.7. The molecule has 2 N–H and O–H groups in total. The first-order valence-electron chi connectivity index (χ1n) is 10.1. The maximum atomic E-state index is 13.4. The van der Waals surface area contributed by atoms with E-state index in [9.17, 15) is 4.39 Å². The Balaban J connectivity index is 1.63. The van der Waals surface area contributed by atoms with Gasteiger partial charge in [-0.1, -0.05) is 31.2 Å². The predicted molar refractivity (Wildman–Crippen MR) is 115 cm³/mol. The van der Waals surface area contributed by atoms with Gasteiger partial charge in [0, 0.05) is 18.3 Å². The molecule has 7 nitrogen and oxygen atoms in total. The largest absolute Gasteiger partial charge is 0.489 e. The van der Waals surface area contributed by atoms with Crippen molar-refractivity contribution in [2.24, 2.45) is 4.99 Å². The molecule has 0 fully saturated rings. The van der Waals surface area contributed by atoms with Crippen molar-refractivity contribution in [1.82, 2.24) is 25.4 Å². The van der Waals surface area contributed by atoms with E-state index in [1.165, 1.54) is 12.1 Å². The molecule has 2 aromatic carbocycles. The summed E-state index contributed by atoms with van der Waals surface area (Å²) < 4.78 is 21.2. The van der Waals surface area contributed by atoms with Crippen molar-refractivity contribution < 1.29 is 9.13 Å². The molecule has 30 heavy (non-hydrogen) atoms. The molecule has 0 amide bonds. The van der Waals surface area contributed by atoms with E-state index in [0.717, 1.165) is 24.5 Å². The Morgan fingerprint density at radius 2 is 1.97 bits per heavy atom. The van der Waals surface area contributed by atoms with Gasteiger partial charge in [0.1, 0.15) is 30.5 Å². The lowest BCUT2D eigenvalue weighted by Crippen LogP contribution is -2.42. The summed E-state index contributed by atoms with van der Waals surface area (Å²) in [7, 11) is 0. The molecule has 1 atom stereocenters. The van der Waals surface area contributed by atoms with Crippen molar-refractivity contribution in [1.29, 1.82) is 0 Å². The number of guanidine groups is 1. The summed E-state index contributed by atoms with van der Waals surface area (Å²) in [5.41, 5.74) is 0.986. The highest BCUT2D eigenvalue weighted by atomic mass is 19.1. The van der Waals surface area contributed by atoms with E-state index in [1.54, 1.807) is 18.5 Å². The Labute approximate surface area is 176 Å². The van der Waals surface area contributed by atoms with Gasteiger partial charge in [0.15, 0.2) is 11.8 Å². The fourth-order valence-electron chi connectivity index (χ4n) is 2.88. The fourth-order valence-corrected chi connectivity index (χ4v) is 2.88. The number of ether oxygens (including phenoxy) is 1. The highest BCUT2D eigenvalue weighted by Gasteiger charge is 2.11. The summed E-state index contributed by atoms with van der Waals surface area (Å²) in [5.74, 6) is 1.59. The molecule has 8 heteroatoms. The Bertz CT molecular complexity index is 944. The number of aliphatic imine (C=N–C) groups is 1. The van der Waals surface area contributed by atoms with Crippen molar-refractivity contribution in [2.75, 3.05) is 13.1 Å². The SMILES string of the molecule is CCNC(=NCc1nncn1-c1ccccc1)NCC(CC)Oc1cccc(F)c1. The van der Waals surface area contributed by atoms with E-state index in [1.807, 2.05) is 48.7 Å². The van der Waals surface area contributed by atoms with Gasteiger partial charge in [0.25, 0.3) is 0 Å². The molecule has 3 aromatic rings. The highest BCUT2D eigenvalue weighted by molar-refractivity contribution is 5.79. The predicted octanol–water partition coefficient (Wildman–Crippen LogP) is 3.32. The number of nitrogens with zero attached hydrogens (tertiary/aromatic N) is 4. The van der Waals surface area contributed by atoms with Crippen LogP contribution in [0, 0.1) is 5.82 Å². The van der Waals surface area contributed by atoms with Gasteiger partial charge in [-0.2, -0.15) is 0 Å². The second-order valence-corrected chi connectivity index (χ2v) is 6.63. The van der Waals surface area contributed by atoms with Gasteiger partial charge in [0.05, 0.1) is 6.54 Å². The first-order chi connectivity index (χ1) is 14.7. The Kier molecular flexibility index (Phi) is 7.77. The molecule has 158 valence electrons. The minimum Gasteiger partial charge on any atom is -0.489 e. The summed E-state index contributed by atoms with van der Waals surface area (Å²) in [6, 6.07) is 16.1. The molecule has 0 spiro atoms. The van der Waals surface area contributed by atoms with Crippen LogP contribution in [0.15, 0.2) is 65.9 Å². The van der Waals surface area contributed by atoms with Gasteiger partial charge in [-0.05, 0) is 37.6 Å². The minimum atomic E-state index is -0.312. The molecule has 1 unspecified atom stereocenters. The van der Waals surface area contributed by atoms with E-state index in [0.29, 0.717) is 24.8 Å². The number of halogens is 1. The zero-order valence-electron chi connectivity index (χ0n) is 17.3. The second-order valence-electron chi connectivity index (χ2n) is 6.63. The number of nitrogens with one attached hydrogen (secondary N) is 2. The van der Waals surface area contributed by atoms with Crippen LogP contribution in [-0.2, 0) is 6.54 Å². The van der Waals surface area contributed by atoms with Crippen LogP contribution in [0.25, 0.3) is 5.69 Å². The first-order valence-corrected chi connectivity index (χ1v) is 10.1. The van der Waals surface area contributed by atoms with Crippen LogP contribution < -0.4 is 15.4 Å². The molecule has 0 bridgehead atoms. The first kappa shape index (κ1) is 21.3. The summed E-state index contributed by atoms with van der Waals surface area (Å²) >= 11 is 0. The minimum absolute atomic E-state index is 0.122. The van der Waals surface area contributed by atoms with Gasteiger partial charge in [-0.3, -0.25) is 4.57 Å².